The van der Waals surface area contributed by atoms with Crippen LogP contribution in [0.2, 0.25) is 0 Å². The molecule has 4 nitrogen and oxygen atoms in total. The number of amides is 1. The maximum absolute atomic E-state index is 13.1. The van der Waals surface area contributed by atoms with Gasteiger partial charge in [-0.2, -0.15) is 0 Å². The summed E-state index contributed by atoms with van der Waals surface area (Å²) >= 11 is 0. The number of fused-ring (bicyclic) bond motifs is 1. The lowest BCUT2D eigenvalue weighted by Gasteiger charge is -2.61. The number of nitrogens with zero attached hydrogens (tertiary/aromatic N) is 1. The van der Waals surface area contributed by atoms with Crippen molar-refractivity contribution < 1.29 is 9.53 Å². The molecule has 1 aliphatic heterocycles. The molecule has 0 radical (unpaired) electrons. The molecule has 114 valence electrons. The Morgan fingerprint density at radius 3 is 2.60 bits per heavy atom. The summed E-state index contributed by atoms with van der Waals surface area (Å²) in [7, 11) is 0. The third-order valence-electron chi connectivity index (χ3n) is 6.18. The van der Waals surface area contributed by atoms with Crippen LogP contribution in [0.1, 0.15) is 46.5 Å². The summed E-state index contributed by atoms with van der Waals surface area (Å²) in [6, 6.07) is 0. The minimum absolute atomic E-state index is 0.156. The highest BCUT2D eigenvalue weighted by Crippen LogP contribution is 2.58. The molecule has 20 heavy (non-hydrogen) atoms. The van der Waals surface area contributed by atoms with Gasteiger partial charge in [0.05, 0.1) is 6.10 Å². The lowest BCUT2D eigenvalue weighted by molar-refractivity contribution is -0.185. The number of carbonyl (C=O) groups excluding carboxylic acids is 1. The third kappa shape index (κ3) is 1.70. The summed E-state index contributed by atoms with van der Waals surface area (Å²) in [5, 5.41) is 0. The lowest BCUT2D eigenvalue weighted by atomic mass is 9.47. The van der Waals surface area contributed by atoms with Gasteiger partial charge in [-0.15, -0.1) is 0 Å². The Morgan fingerprint density at radius 2 is 2.05 bits per heavy atom. The topological polar surface area (TPSA) is 55.6 Å². The first kappa shape index (κ1) is 14.3. The minimum atomic E-state index is -0.728. The normalized spacial score (nSPS) is 38.8. The molecule has 1 amide bonds. The van der Waals surface area contributed by atoms with Crippen molar-refractivity contribution in [1.29, 1.82) is 0 Å². The van der Waals surface area contributed by atoms with Crippen molar-refractivity contribution in [2.24, 2.45) is 23.0 Å². The molecule has 3 atom stereocenters. The molecule has 0 aromatic carbocycles. The largest absolute Gasteiger partial charge is 0.377 e. The summed E-state index contributed by atoms with van der Waals surface area (Å²) in [6.45, 7) is 8.66. The average Bonchev–Trinajstić information content (AvgIpc) is 2.84. The quantitative estimate of drug-likeness (QED) is 0.854. The third-order valence-corrected chi connectivity index (χ3v) is 6.18. The summed E-state index contributed by atoms with van der Waals surface area (Å²) in [6.07, 6.45) is 4.93. The van der Waals surface area contributed by atoms with E-state index in [1.54, 1.807) is 0 Å². The molecule has 3 fully saturated rings. The molecule has 2 aliphatic carbocycles. The van der Waals surface area contributed by atoms with Crippen LogP contribution in [0.3, 0.4) is 0 Å². The molecule has 3 rings (SSSR count). The van der Waals surface area contributed by atoms with Gasteiger partial charge in [0.2, 0.25) is 5.91 Å². The van der Waals surface area contributed by atoms with Gasteiger partial charge in [0.15, 0.2) is 0 Å². The van der Waals surface area contributed by atoms with Crippen molar-refractivity contribution in [1.82, 2.24) is 4.90 Å². The molecule has 0 bridgehead atoms. The fourth-order valence-corrected chi connectivity index (χ4v) is 4.42. The molecule has 0 aromatic rings. The smallest absolute Gasteiger partial charge is 0.243 e. The molecule has 0 spiro atoms. The van der Waals surface area contributed by atoms with Crippen LogP contribution in [-0.2, 0) is 9.53 Å². The zero-order valence-electron chi connectivity index (χ0n) is 13.0. The second-order valence-corrected chi connectivity index (χ2v) is 7.42. The van der Waals surface area contributed by atoms with Gasteiger partial charge in [-0.3, -0.25) is 4.79 Å². The van der Waals surface area contributed by atoms with E-state index in [4.69, 9.17) is 10.5 Å². The number of hydrogen-bond acceptors (Lipinski definition) is 3. The first-order valence-corrected chi connectivity index (χ1v) is 8.12. The van der Waals surface area contributed by atoms with Gasteiger partial charge in [-0.25, -0.2) is 0 Å². The molecule has 2 N–H and O–H groups in total. The summed E-state index contributed by atoms with van der Waals surface area (Å²) in [4.78, 5) is 15.1. The fraction of sp³-hybridized carbons (Fsp3) is 0.938. The Balaban J connectivity index is 1.77. The SMILES string of the molecule is CCN(CC1CCC1)C(=O)C1(N)C2CCOC2C1(C)C. The first-order chi connectivity index (χ1) is 9.42. The number of carbonyl (C=O) groups is 1. The van der Waals surface area contributed by atoms with Crippen molar-refractivity contribution in [3.63, 3.8) is 0 Å². The molecule has 3 aliphatic rings. The molecular weight excluding hydrogens is 252 g/mol. The molecule has 4 heteroatoms. The Hall–Kier alpha value is -0.610. The van der Waals surface area contributed by atoms with E-state index >= 15 is 0 Å². The van der Waals surface area contributed by atoms with Crippen LogP contribution in [0, 0.1) is 17.3 Å². The molecular formula is C16H28N2O2. The Kier molecular flexibility index (Phi) is 3.37. The van der Waals surface area contributed by atoms with Crippen LogP contribution in [0.5, 0.6) is 0 Å². The zero-order chi connectivity index (χ0) is 14.5. The Labute approximate surface area is 122 Å². The first-order valence-electron chi connectivity index (χ1n) is 8.12. The number of rotatable bonds is 4. The number of nitrogens with two attached hydrogens (primary N) is 1. The fourth-order valence-electron chi connectivity index (χ4n) is 4.42. The van der Waals surface area contributed by atoms with Crippen molar-refractivity contribution in [3.8, 4) is 0 Å². The minimum Gasteiger partial charge on any atom is -0.377 e. The maximum Gasteiger partial charge on any atom is 0.243 e. The summed E-state index contributed by atoms with van der Waals surface area (Å²) in [5.74, 6) is 1.06. The van der Waals surface area contributed by atoms with Crippen LogP contribution < -0.4 is 5.73 Å². The molecule has 0 aromatic heterocycles. The van der Waals surface area contributed by atoms with Crippen LogP contribution in [0.15, 0.2) is 0 Å². The number of likely N-dealkylation sites (N-methyl/N-ethyl adjacent to an activating group) is 1. The second-order valence-electron chi connectivity index (χ2n) is 7.42. The highest BCUT2D eigenvalue weighted by molar-refractivity contribution is 5.89. The van der Waals surface area contributed by atoms with E-state index in [0.29, 0.717) is 5.92 Å². The van der Waals surface area contributed by atoms with Crippen LogP contribution in [0.25, 0.3) is 0 Å². The lowest BCUT2D eigenvalue weighted by Crippen LogP contribution is -2.80. The van der Waals surface area contributed by atoms with E-state index in [-0.39, 0.29) is 23.3 Å². The van der Waals surface area contributed by atoms with Gasteiger partial charge in [-0.05, 0) is 32.1 Å². The van der Waals surface area contributed by atoms with E-state index in [1.807, 2.05) is 4.90 Å². The zero-order valence-corrected chi connectivity index (χ0v) is 13.0. The van der Waals surface area contributed by atoms with Crippen LogP contribution in [0.4, 0.5) is 0 Å². The predicted octanol–water partition coefficient (Wildman–Crippen LogP) is 1.78. The molecule has 1 heterocycles. The number of ether oxygens (including phenoxy) is 1. The summed E-state index contributed by atoms with van der Waals surface area (Å²) < 4.78 is 5.79. The van der Waals surface area contributed by atoms with Crippen molar-refractivity contribution in [2.45, 2.75) is 58.1 Å². The monoisotopic (exact) mass is 280 g/mol. The molecule has 2 saturated carbocycles. The summed E-state index contributed by atoms with van der Waals surface area (Å²) in [5.41, 5.74) is 5.67. The molecule has 1 saturated heterocycles. The van der Waals surface area contributed by atoms with Crippen LogP contribution in [-0.4, -0.2) is 42.1 Å². The Morgan fingerprint density at radius 1 is 1.35 bits per heavy atom. The maximum atomic E-state index is 13.1. The van der Waals surface area contributed by atoms with E-state index in [0.717, 1.165) is 26.1 Å². The van der Waals surface area contributed by atoms with Gasteiger partial charge in [0, 0.05) is 31.0 Å². The van der Waals surface area contributed by atoms with Gasteiger partial charge in [-0.1, -0.05) is 20.3 Å². The molecule has 3 unspecified atom stereocenters. The predicted molar refractivity (Wildman–Crippen MR) is 78.1 cm³/mol. The van der Waals surface area contributed by atoms with Crippen molar-refractivity contribution in [3.05, 3.63) is 0 Å². The van der Waals surface area contributed by atoms with E-state index < -0.39 is 5.54 Å². The Bertz CT molecular complexity index is 405. The number of hydrogen-bond donors (Lipinski definition) is 1. The second kappa shape index (κ2) is 4.70. The van der Waals surface area contributed by atoms with Crippen LogP contribution >= 0.6 is 0 Å². The van der Waals surface area contributed by atoms with Gasteiger partial charge >= 0.3 is 0 Å². The van der Waals surface area contributed by atoms with Gasteiger partial charge in [0.25, 0.3) is 0 Å². The van der Waals surface area contributed by atoms with E-state index in [9.17, 15) is 4.79 Å². The van der Waals surface area contributed by atoms with Crippen molar-refractivity contribution >= 4 is 5.91 Å². The van der Waals surface area contributed by atoms with E-state index in [2.05, 4.69) is 20.8 Å². The van der Waals surface area contributed by atoms with Gasteiger partial charge < -0.3 is 15.4 Å². The van der Waals surface area contributed by atoms with Crippen molar-refractivity contribution in [2.75, 3.05) is 19.7 Å². The highest BCUT2D eigenvalue weighted by Gasteiger charge is 2.71. The standard InChI is InChI=1S/C16H28N2O2/c1-4-18(10-11-6-5-7-11)14(19)16(17)12-8-9-20-13(12)15(16,2)3/h11-13H,4-10,17H2,1-3H3. The highest BCUT2D eigenvalue weighted by atomic mass is 16.5. The van der Waals surface area contributed by atoms with Gasteiger partial charge in [0.1, 0.15) is 5.54 Å². The van der Waals surface area contributed by atoms with E-state index in [1.165, 1.54) is 19.3 Å². The average molecular weight is 280 g/mol.